The maximum Gasteiger partial charge on any atom is 0.227 e. The normalized spacial score (nSPS) is 17.0. The van der Waals surface area contributed by atoms with Crippen LogP contribution in [0.5, 0.6) is 0 Å². The molecule has 2 aliphatic rings. The largest absolute Gasteiger partial charge is 0.397 e. The Labute approximate surface area is 236 Å². The van der Waals surface area contributed by atoms with Crippen molar-refractivity contribution in [3.05, 3.63) is 107 Å². The number of unbranched alkanes of at least 4 members (excludes halogenated alkanes) is 1. The molecule has 0 amide bonds. The van der Waals surface area contributed by atoms with Crippen molar-refractivity contribution >= 4 is 41.0 Å². The molecule has 3 aromatic rings. The Kier molecular flexibility index (Phi) is 8.99. The number of nitrogens with zero attached hydrogens (tertiary/aromatic N) is 2. The van der Waals surface area contributed by atoms with Crippen molar-refractivity contribution in [2.45, 2.75) is 51.9 Å². The quantitative estimate of drug-likeness (QED) is 0.200. The van der Waals surface area contributed by atoms with Gasteiger partial charge in [0.2, 0.25) is 11.7 Å². The first-order chi connectivity index (χ1) is 19.6. The number of quaternary nitrogens is 1. The van der Waals surface area contributed by atoms with Crippen LogP contribution in [0, 0.1) is 5.92 Å². The van der Waals surface area contributed by atoms with Crippen LogP contribution in [-0.2, 0) is 4.79 Å². The molecule has 0 bridgehead atoms. The van der Waals surface area contributed by atoms with E-state index in [-0.39, 0.29) is 5.78 Å². The van der Waals surface area contributed by atoms with Gasteiger partial charge < -0.3 is 11.1 Å². The first kappa shape index (κ1) is 27.3. The molecule has 1 fully saturated rings. The topological polar surface area (TPSA) is 97.5 Å². The molecule has 2 aromatic carbocycles. The zero-order valence-corrected chi connectivity index (χ0v) is 23.1. The number of carbonyl (C=O) groups is 1. The molecule has 6 heteroatoms. The van der Waals surface area contributed by atoms with Gasteiger partial charge in [-0.3, -0.25) is 10.1 Å². The summed E-state index contributed by atoms with van der Waals surface area (Å²) in [5.41, 5.74) is 14.0. The predicted molar refractivity (Wildman–Crippen MR) is 164 cm³/mol. The van der Waals surface area contributed by atoms with Crippen molar-refractivity contribution in [1.29, 1.82) is 0 Å². The molecule has 204 valence electrons. The summed E-state index contributed by atoms with van der Waals surface area (Å²) in [5.74, 6) is 1.16. The zero-order valence-electron chi connectivity index (χ0n) is 23.1. The molecule has 2 heterocycles. The Morgan fingerprint density at radius 1 is 1.12 bits per heavy atom. The van der Waals surface area contributed by atoms with Crippen molar-refractivity contribution in [3.8, 4) is 0 Å². The van der Waals surface area contributed by atoms with Gasteiger partial charge in [-0.05, 0) is 67.9 Å². The number of carbonyl (C=O) groups excluding carboxylic acids is 1. The van der Waals surface area contributed by atoms with Gasteiger partial charge in [0.1, 0.15) is 5.69 Å². The van der Waals surface area contributed by atoms with Crippen LogP contribution in [0.25, 0.3) is 17.8 Å². The number of hydrogen-bond acceptors (Lipinski definition) is 5. The Morgan fingerprint density at radius 3 is 2.75 bits per heavy atom. The lowest BCUT2D eigenvalue weighted by Crippen LogP contribution is -2.75. The van der Waals surface area contributed by atoms with E-state index in [0.29, 0.717) is 29.7 Å². The predicted octanol–water partition coefficient (Wildman–Crippen LogP) is 6.66. The van der Waals surface area contributed by atoms with Crippen molar-refractivity contribution < 1.29 is 10.1 Å². The molecule has 1 aliphatic heterocycles. The average Bonchev–Trinajstić information content (AvgIpc) is 3.41. The van der Waals surface area contributed by atoms with Gasteiger partial charge in [0.05, 0.1) is 11.4 Å². The summed E-state index contributed by atoms with van der Waals surface area (Å²) in [5, 5.41) is 5.29. The van der Waals surface area contributed by atoms with Crippen LogP contribution < -0.4 is 16.4 Å². The van der Waals surface area contributed by atoms with E-state index in [1.54, 1.807) is 12.3 Å². The number of aromatic nitrogens is 2. The van der Waals surface area contributed by atoms with E-state index >= 15 is 0 Å². The van der Waals surface area contributed by atoms with Crippen molar-refractivity contribution in [2.24, 2.45) is 11.7 Å². The van der Waals surface area contributed by atoms with E-state index in [1.807, 2.05) is 47.8 Å². The van der Waals surface area contributed by atoms with Crippen LogP contribution in [0.2, 0.25) is 0 Å². The summed E-state index contributed by atoms with van der Waals surface area (Å²) in [6, 6.07) is 18.4. The molecule has 0 saturated heterocycles. The lowest BCUT2D eigenvalue weighted by molar-refractivity contribution is -0.506. The molecular weight excluding hydrogens is 494 g/mol. The molecule has 0 atom stereocenters. The summed E-state index contributed by atoms with van der Waals surface area (Å²) in [6.45, 7) is 2.14. The number of rotatable bonds is 10. The van der Waals surface area contributed by atoms with Crippen LogP contribution in [0.3, 0.4) is 0 Å². The summed E-state index contributed by atoms with van der Waals surface area (Å²) < 4.78 is 0. The molecule has 0 radical (unpaired) electrons. The second-order valence-corrected chi connectivity index (χ2v) is 10.6. The van der Waals surface area contributed by atoms with Gasteiger partial charge in [-0.1, -0.05) is 67.5 Å². The fourth-order valence-corrected chi connectivity index (χ4v) is 5.24. The lowest BCUT2D eigenvalue weighted by Gasteiger charge is -2.23. The highest BCUT2D eigenvalue weighted by Crippen LogP contribution is 2.33. The third-order valence-corrected chi connectivity index (χ3v) is 7.50. The molecule has 6 nitrogen and oxygen atoms in total. The summed E-state index contributed by atoms with van der Waals surface area (Å²) in [4.78, 5) is 22.1. The Balaban J connectivity index is 1.17. The Morgan fingerprint density at radius 2 is 1.95 bits per heavy atom. The smallest absolute Gasteiger partial charge is 0.227 e. The van der Waals surface area contributed by atoms with Crippen LogP contribution in [0.1, 0.15) is 68.7 Å². The van der Waals surface area contributed by atoms with Crippen molar-refractivity contribution in [2.75, 3.05) is 5.32 Å². The number of ketones is 1. The average molecular weight is 533 g/mol. The number of fused-ring (bicyclic) bond motifs is 1. The molecule has 40 heavy (non-hydrogen) atoms. The van der Waals surface area contributed by atoms with Crippen LogP contribution in [0.15, 0.2) is 90.3 Å². The fraction of sp³-hybridized carbons (Fsp3) is 0.265. The molecule has 1 saturated carbocycles. The van der Waals surface area contributed by atoms with Crippen molar-refractivity contribution in [1.82, 2.24) is 9.97 Å². The Bertz CT molecular complexity index is 1460. The maximum absolute atomic E-state index is 13.2. The van der Waals surface area contributed by atoms with Gasteiger partial charge in [-0.15, -0.1) is 0 Å². The first-order valence-electron chi connectivity index (χ1n) is 14.3. The minimum absolute atomic E-state index is 0.234. The third kappa shape index (κ3) is 7.21. The SMILES string of the molecule is CCCC=CC=C(N)c1ccnc(Nc2ccc3c(c2)C=C(C(=O)CC2CCC(=Cc4ccccc4)CC2)[NH2+]3)n1. The molecule has 0 unspecified atom stereocenters. The van der Waals surface area contributed by atoms with E-state index in [0.717, 1.165) is 61.2 Å². The summed E-state index contributed by atoms with van der Waals surface area (Å²) in [6.07, 6.45) is 19.0. The molecule has 5 rings (SSSR count). The van der Waals surface area contributed by atoms with Gasteiger partial charge in [0, 0.05) is 36.0 Å². The molecule has 1 aromatic heterocycles. The van der Waals surface area contributed by atoms with Crippen LogP contribution in [0.4, 0.5) is 17.3 Å². The van der Waals surface area contributed by atoms with Gasteiger partial charge >= 0.3 is 0 Å². The highest BCUT2D eigenvalue weighted by atomic mass is 16.1. The number of Topliss-reactive ketones (excluding diaryl/α,β-unsaturated/α-hetero) is 1. The van der Waals surface area contributed by atoms with Crippen LogP contribution in [-0.4, -0.2) is 15.8 Å². The lowest BCUT2D eigenvalue weighted by atomic mass is 9.82. The van der Waals surface area contributed by atoms with Gasteiger partial charge in [0.25, 0.3) is 0 Å². The van der Waals surface area contributed by atoms with E-state index < -0.39 is 0 Å². The minimum atomic E-state index is 0.234. The standard InChI is InChI=1S/C34H37N5O/c1-2-3-4-8-11-29(35)31-18-19-36-34(39-31)37-28-16-17-30-27(22-28)23-32(38-30)33(40)21-26-14-12-25(13-15-26)20-24-9-6-5-7-10-24/h4-11,16-20,22-23,26,38H,2-3,12-15,21,35H2,1H3,(H,36,37,39)/p+1. The summed E-state index contributed by atoms with van der Waals surface area (Å²) in [7, 11) is 0. The van der Waals surface area contributed by atoms with Crippen LogP contribution >= 0.6 is 0 Å². The monoisotopic (exact) mass is 532 g/mol. The molecule has 5 N–H and O–H groups in total. The number of hydrogen-bond donors (Lipinski definition) is 3. The van der Waals surface area contributed by atoms with Gasteiger partial charge in [-0.25, -0.2) is 9.97 Å². The van der Waals surface area contributed by atoms with Gasteiger partial charge in [0.15, 0.2) is 5.70 Å². The number of anilines is 2. The second kappa shape index (κ2) is 13.2. The first-order valence-corrected chi connectivity index (χ1v) is 14.3. The molecule has 1 aliphatic carbocycles. The third-order valence-electron chi connectivity index (χ3n) is 7.50. The molecule has 0 spiro atoms. The molecular formula is C34H38N5O+. The highest BCUT2D eigenvalue weighted by molar-refractivity contribution is 5.99. The van der Waals surface area contributed by atoms with Gasteiger partial charge in [-0.2, -0.15) is 0 Å². The van der Waals surface area contributed by atoms with Crippen molar-refractivity contribution in [3.63, 3.8) is 0 Å². The fourth-order valence-electron chi connectivity index (χ4n) is 5.24. The number of benzene rings is 2. The maximum atomic E-state index is 13.2. The van der Waals surface area contributed by atoms with E-state index in [2.05, 4.69) is 58.6 Å². The summed E-state index contributed by atoms with van der Waals surface area (Å²) >= 11 is 0. The number of nitrogens with two attached hydrogens (primary N) is 2. The zero-order chi connectivity index (χ0) is 27.7. The highest BCUT2D eigenvalue weighted by Gasteiger charge is 2.27. The number of nitrogens with one attached hydrogen (secondary N) is 1. The van der Waals surface area contributed by atoms with E-state index in [4.69, 9.17) is 5.73 Å². The Hall–Kier alpha value is -4.29. The number of allylic oxidation sites excluding steroid dienone is 5. The van der Waals surface area contributed by atoms with E-state index in [9.17, 15) is 4.79 Å². The van der Waals surface area contributed by atoms with E-state index in [1.165, 1.54) is 11.1 Å². The second-order valence-electron chi connectivity index (χ2n) is 10.6. The minimum Gasteiger partial charge on any atom is -0.397 e.